The lowest BCUT2D eigenvalue weighted by molar-refractivity contribution is -0.297. The highest BCUT2D eigenvalue weighted by molar-refractivity contribution is 5.98. The number of fused-ring (bicyclic) bond motifs is 1. The number of carbonyl (C=O) groups excluding carboxylic acids is 2. The van der Waals surface area contributed by atoms with E-state index < -0.39 is 47.9 Å². The number of amides is 2. The first-order chi connectivity index (χ1) is 18.6. The number of allylic oxidation sites excluding steroid dienone is 1. The number of alkyl halides is 3. The molecule has 0 spiro atoms. The molecule has 0 unspecified atom stereocenters. The van der Waals surface area contributed by atoms with E-state index in [4.69, 9.17) is 4.42 Å². The molecular formula is C29H29F4N3O4. The van der Waals surface area contributed by atoms with Gasteiger partial charge >= 0.3 is 6.18 Å². The predicted molar refractivity (Wildman–Crippen MR) is 140 cm³/mol. The topological polar surface area (TPSA) is 86.9 Å². The number of halogens is 4. The Kier molecular flexibility index (Phi) is 6.56. The van der Waals surface area contributed by atoms with Crippen molar-refractivity contribution in [1.29, 1.82) is 0 Å². The van der Waals surface area contributed by atoms with E-state index in [1.165, 1.54) is 23.1 Å². The summed E-state index contributed by atoms with van der Waals surface area (Å²) in [5, 5.41) is 9.73. The van der Waals surface area contributed by atoms with Crippen LogP contribution in [0.4, 0.5) is 17.6 Å². The average molecular weight is 560 g/mol. The van der Waals surface area contributed by atoms with Crippen LogP contribution in [-0.4, -0.2) is 68.7 Å². The molecule has 1 aliphatic heterocycles. The quantitative estimate of drug-likeness (QED) is 0.431. The van der Waals surface area contributed by atoms with Crippen molar-refractivity contribution in [2.75, 3.05) is 19.6 Å². The lowest BCUT2D eigenvalue weighted by Crippen LogP contribution is -2.65. The lowest BCUT2D eigenvalue weighted by atomic mass is 9.69. The van der Waals surface area contributed by atoms with E-state index in [1.54, 1.807) is 43.9 Å². The third-order valence-corrected chi connectivity index (χ3v) is 7.79. The van der Waals surface area contributed by atoms with Crippen molar-refractivity contribution in [1.82, 2.24) is 14.8 Å². The number of carbonyl (C=O) groups is 2. The molecule has 0 radical (unpaired) electrons. The lowest BCUT2D eigenvalue weighted by Gasteiger charge is -2.50. The number of pyridine rings is 1. The molecule has 3 heterocycles. The molecule has 1 saturated carbocycles. The maximum Gasteiger partial charge on any atom is 0.417 e. The summed E-state index contributed by atoms with van der Waals surface area (Å²) >= 11 is 0. The van der Waals surface area contributed by atoms with Gasteiger partial charge in [0.1, 0.15) is 11.3 Å². The van der Waals surface area contributed by atoms with Crippen LogP contribution in [0.15, 0.2) is 47.4 Å². The van der Waals surface area contributed by atoms with Gasteiger partial charge in [-0.2, -0.15) is 13.2 Å². The Morgan fingerprint density at radius 3 is 2.35 bits per heavy atom. The summed E-state index contributed by atoms with van der Waals surface area (Å²) in [4.78, 5) is 34.2. The largest absolute Gasteiger partial charge is 0.449 e. The SMILES string of the molecule is C=C(C)c1cc(-c2ccc(F)cc2)nc2cc(C(=O)N3CCN(C(=O)[C@H]4C[C@](O)(C(F)(F)F)C4)CC3(C)C)oc12. The van der Waals surface area contributed by atoms with Gasteiger partial charge in [0.25, 0.3) is 5.91 Å². The van der Waals surface area contributed by atoms with Crippen molar-refractivity contribution >= 4 is 28.5 Å². The number of nitrogens with zero attached hydrogens (tertiary/aromatic N) is 3. The van der Waals surface area contributed by atoms with Gasteiger partial charge in [-0.3, -0.25) is 9.59 Å². The first-order valence-corrected chi connectivity index (χ1v) is 12.9. The van der Waals surface area contributed by atoms with E-state index in [0.29, 0.717) is 33.5 Å². The number of furan rings is 1. The zero-order valence-corrected chi connectivity index (χ0v) is 22.3. The summed E-state index contributed by atoms with van der Waals surface area (Å²) in [5.74, 6) is -2.12. The molecule has 2 amide bonds. The van der Waals surface area contributed by atoms with Crippen molar-refractivity contribution in [2.24, 2.45) is 5.92 Å². The van der Waals surface area contributed by atoms with E-state index in [-0.39, 0.29) is 31.2 Å². The molecule has 1 aliphatic carbocycles. The fraction of sp³-hybridized carbons (Fsp3) is 0.414. The van der Waals surface area contributed by atoms with Crippen LogP contribution in [0, 0.1) is 11.7 Å². The molecule has 2 aliphatic rings. The Labute approximate surface area is 228 Å². The molecule has 5 rings (SSSR count). The number of aliphatic hydroxyl groups is 1. The van der Waals surface area contributed by atoms with Gasteiger partial charge in [0, 0.05) is 42.7 Å². The van der Waals surface area contributed by atoms with Gasteiger partial charge in [-0.1, -0.05) is 6.58 Å². The number of aromatic nitrogens is 1. The van der Waals surface area contributed by atoms with E-state index in [2.05, 4.69) is 11.6 Å². The molecule has 0 bridgehead atoms. The Morgan fingerprint density at radius 2 is 1.77 bits per heavy atom. The second-order valence-electron chi connectivity index (χ2n) is 11.3. The second kappa shape index (κ2) is 9.43. The minimum absolute atomic E-state index is 0.0448. The number of hydrogen-bond donors (Lipinski definition) is 1. The van der Waals surface area contributed by atoms with E-state index in [9.17, 15) is 32.3 Å². The second-order valence-corrected chi connectivity index (χ2v) is 11.3. The smallest absolute Gasteiger partial charge is 0.417 e. The molecule has 1 aromatic carbocycles. The maximum atomic E-state index is 13.6. The number of piperazine rings is 1. The molecule has 1 N–H and O–H groups in total. The number of benzene rings is 1. The van der Waals surface area contributed by atoms with E-state index >= 15 is 0 Å². The van der Waals surface area contributed by atoms with Crippen LogP contribution in [0.25, 0.3) is 27.9 Å². The molecule has 3 aromatic rings. The summed E-state index contributed by atoms with van der Waals surface area (Å²) in [5.41, 5.74) is -0.282. The zero-order valence-electron chi connectivity index (χ0n) is 22.3. The van der Waals surface area contributed by atoms with Gasteiger partial charge in [-0.25, -0.2) is 9.37 Å². The first-order valence-electron chi connectivity index (χ1n) is 12.9. The first kappa shape index (κ1) is 27.8. The fourth-order valence-electron chi connectivity index (χ4n) is 5.48. The van der Waals surface area contributed by atoms with Gasteiger partial charge in [-0.05, 0) is 69.5 Å². The average Bonchev–Trinajstić information content (AvgIpc) is 3.28. The zero-order chi connectivity index (χ0) is 29.2. The molecule has 11 heteroatoms. The Bertz CT molecular complexity index is 1500. The maximum absolute atomic E-state index is 13.6. The summed E-state index contributed by atoms with van der Waals surface area (Å²) in [6, 6.07) is 9.18. The monoisotopic (exact) mass is 559 g/mol. The standard InChI is InChI=1S/C29H29F4N3O4/c1-16(2)20-11-21(17-5-7-19(30)8-6-17)34-22-12-23(40-24(20)22)26(38)36-10-9-35(15-27(36,3)4)25(37)18-13-28(39,14-18)29(31,32)33/h5-8,11-12,18,39H,1,9-10,13-15H2,2-4H3/t18-,28+. The minimum Gasteiger partial charge on any atom is -0.449 e. The van der Waals surface area contributed by atoms with Crippen LogP contribution < -0.4 is 0 Å². The van der Waals surface area contributed by atoms with Gasteiger partial charge < -0.3 is 19.3 Å². The molecule has 2 fully saturated rings. The van der Waals surface area contributed by atoms with Crippen LogP contribution in [0.5, 0.6) is 0 Å². The molecular weight excluding hydrogens is 530 g/mol. The summed E-state index contributed by atoms with van der Waals surface area (Å²) in [6.45, 7) is 9.73. The summed E-state index contributed by atoms with van der Waals surface area (Å²) in [6.07, 6.45) is -6.10. The normalized spacial score (nSPS) is 22.8. The molecule has 40 heavy (non-hydrogen) atoms. The van der Waals surface area contributed by atoms with Crippen LogP contribution in [0.3, 0.4) is 0 Å². The number of hydrogen-bond acceptors (Lipinski definition) is 5. The highest BCUT2D eigenvalue weighted by atomic mass is 19.4. The summed E-state index contributed by atoms with van der Waals surface area (Å²) in [7, 11) is 0. The van der Waals surface area contributed by atoms with Gasteiger partial charge in [0.2, 0.25) is 5.91 Å². The molecule has 1 saturated heterocycles. The highest BCUT2D eigenvalue weighted by Gasteiger charge is 2.63. The summed E-state index contributed by atoms with van der Waals surface area (Å²) < 4.78 is 58.4. The van der Waals surface area contributed by atoms with Gasteiger partial charge in [0.15, 0.2) is 16.9 Å². The van der Waals surface area contributed by atoms with Gasteiger partial charge in [0.05, 0.1) is 11.2 Å². The van der Waals surface area contributed by atoms with Crippen LogP contribution in [-0.2, 0) is 4.79 Å². The minimum atomic E-state index is -4.78. The van der Waals surface area contributed by atoms with Crippen molar-refractivity contribution in [3.63, 3.8) is 0 Å². The van der Waals surface area contributed by atoms with Crippen LogP contribution >= 0.6 is 0 Å². The van der Waals surface area contributed by atoms with Crippen molar-refractivity contribution in [2.45, 2.75) is 50.9 Å². The Balaban J connectivity index is 1.36. The van der Waals surface area contributed by atoms with Crippen molar-refractivity contribution in [3.05, 3.63) is 60.1 Å². The Hall–Kier alpha value is -3.73. The van der Waals surface area contributed by atoms with Crippen molar-refractivity contribution in [3.8, 4) is 11.3 Å². The third kappa shape index (κ3) is 4.76. The van der Waals surface area contributed by atoms with Crippen LogP contribution in [0.2, 0.25) is 0 Å². The van der Waals surface area contributed by atoms with Crippen LogP contribution in [0.1, 0.15) is 49.7 Å². The molecule has 2 aromatic heterocycles. The van der Waals surface area contributed by atoms with Gasteiger partial charge in [-0.15, -0.1) is 0 Å². The Morgan fingerprint density at radius 1 is 1.12 bits per heavy atom. The highest BCUT2D eigenvalue weighted by Crippen LogP contribution is 2.49. The number of rotatable bonds is 4. The molecule has 212 valence electrons. The van der Waals surface area contributed by atoms with E-state index in [1.807, 2.05) is 0 Å². The van der Waals surface area contributed by atoms with E-state index in [0.717, 1.165) is 0 Å². The molecule has 0 atom stereocenters. The molecule has 7 nitrogen and oxygen atoms in total. The fourth-order valence-corrected chi connectivity index (χ4v) is 5.48. The van der Waals surface area contributed by atoms with Crippen molar-refractivity contribution < 1.29 is 36.7 Å². The third-order valence-electron chi connectivity index (χ3n) is 7.79. The predicted octanol–water partition coefficient (Wildman–Crippen LogP) is 5.43.